The van der Waals surface area contributed by atoms with Crippen molar-refractivity contribution in [2.45, 2.75) is 52.1 Å². The van der Waals surface area contributed by atoms with Crippen LogP contribution in [0, 0.1) is 5.92 Å². The Bertz CT molecular complexity index is 374. The Labute approximate surface area is 124 Å². The summed E-state index contributed by atoms with van der Waals surface area (Å²) in [6.07, 6.45) is 3.92. The number of rotatable bonds is 6. The van der Waals surface area contributed by atoms with E-state index >= 15 is 0 Å². The van der Waals surface area contributed by atoms with Gasteiger partial charge in [0, 0.05) is 18.6 Å². The minimum Gasteiger partial charge on any atom is -0.314 e. The highest BCUT2D eigenvalue weighted by atomic mass is 15.2. The van der Waals surface area contributed by atoms with E-state index < -0.39 is 0 Å². The molecule has 0 saturated carbocycles. The lowest BCUT2D eigenvalue weighted by Crippen LogP contribution is -2.42. The van der Waals surface area contributed by atoms with E-state index in [-0.39, 0.29) is 0 Å². The lowest BCUT2D eigenvalue weighted by molar-refractivity contribution is 0.118. The van der Waals surface area contributed by atoms with Gasteiger partial charge in [0.15, 0.2) is 0 Å². The van der Waals surface area contributed by atoms with Crippen LogP contribution in [0.25, 0.3) is 0 Å². The summed E-state index contributed by atoms with van der Waals surface area (Å²) >= 11 is 0. The number of benzene rings is 1. The maximum atomic E-state index is 3.61. The maximum Gasteiger partial charge on any atom is 0.0345 e. The normalized spacial score (nSPS) is 22.1. The van der Waals surface area contributed by atoms with E-state index in [0.717, 1.165) is 5.92 Å². The summed E-state index contributed by atoms with van der Waals surface area (Å²) in [4.78, 5) is 2.70. The fourth-order valence-electron chi connectivity index (χ4n) is 3.33. The van der Waals surface area contributed by atoms with E-state index in [1.54, 1.807) is 0 Å². The average Bonchev–Trinajstić information content (AvgIpc) is 2.47. The number of hydrogen-bond acceptors (Lipinski definition) is 2. The standard InChI is InChI=1S/C18H30N2/c1-4-18(17-10-6-5-7-11-17)20-12-8-9-16(14-20)13-19-15(2)3/h5-7,10-11,15-16,18-19H,4,8-9,12-14H2,1-3H3. The molecule has 20 heavy (non-hydrogen) atoms. The molecule has 1 fully saturated rings. The number of nitrogens with zero attached hydrogens (tertiary/aromatic N) is 1. The van der Waals surface area contributed by atoms with Gasteiger partial charge in [-0.15, -0.1) is 0 Å². The summed E-state index contributed by atoms with van der Waals surface area (Å²) in [5.41, 5.74) is 1.48. The van der Waals surface area contributed by atoms with Crippen LogP contribution in [-0.2, 0) is 0 Å². The highest BCUT2D eigenvalue weighted by Crippen LogP contribution is 2.29. The van der Waals surface area contributed by atoms with Crippen molar-refractivity contribution in [2.75, 3.05) is 19.6 Å². The van der Waals surface area contributed by atoms with Gasteiger partial charge in [-0.2, -0.15) is 0 Å². The predicted octanol–water partition coefficient (Wildman–Crippen LogP) is 3.85. The zero-order valence-corrected chi connectivity index (χ0v) is 13.3. The Balaban J connectivity index is 1.96. The van der Waals surface area contributed by atoms with E-state index in [1.165, 1.54) is 44.5 Å². The van der Waals surface area contributed by atoms with Gasteiger partial charge < -0.3 is 5.32 Å². The third kappa shape index (κ3) is 4.32. The van der Waals surface area contributed by atoms with Crippen LogP contribution in [0.2, 0.25) is 0 Å². The van der Waals surface area contributed by atoms with Crippen LogP contribution in [0.15, 0.2) is 30.3 Å². The molecule has 1 aromatic carbocycles. The zero-order valence-electron chi connectivity index (χ0n) is 13.3. The quantitative estimate of drug-likeness (QED) is 0.847. The lowest BCUT2D eigenvalue weighted by atomic mass is 9.93. The van der Waals surface area contributed by atoms with Crippen molar-refractivity contribution in [3.63, 3.8) is 0 Å². The van der Waals surface area contributed by atoms with Gasteiger partial charge in [0.05, 0.1) is 0 Å². The van der Waals surface area contributed by atoms with E-state index in [4.69, 9.17) is 0 Å². The third-order valence-corrected chi connectivity index (χ3v) is 4.38. The summed E-state index contributed by atoms with van der Waals surface area (Å²) in [6.45, 7) is 10.4. The molecule has 1 heterocycles. The highest BCUT2D eigenvalue weighted by Gasteiger charge is 2.25. The topological polar surface area (TPSA) is 15.3 Å². The molecule has 0 aliphatic carbocycles. The van der Waals surface area contributed by atoms with Gasteiger partial charge in [0.25, 0.3) is 0 Å². The van der Waals surface area contributed by atoms with Crippen molar-refractivity contribution in [3.05, 3.63) is 35.9 Å². The van der Waals surface area contributed by atoms with Crippen LogP contribution in [0.1, 0.15) is 51.6 Å². The predicted molar refractivity (Wildman–Crippen MR) is 86.9 cm³/mol. The lowest BCUT2D eigenvalue weighted by Gasteiger charge is -2.38. The Kier molecular flexibility index (Phi) is 6.06. The first-order valence-corrected chi connectivity index (χ1v) is 8.23. The van der Waals surface area contributed by atoms with Crippen LogP contribution in [-0.4, -0.2) is 30.6 Å². The van der Waals surface area contributed by atoms with Crippen molar-refractivity contribution in [1.82, 2.24) is 10.2 Å². The van der Waals surface area contributed by atoms with Crippen molar-refractivity contribution < 1.29 is 0 Å². The van der Waals surface area contributed by atoms with Gasteiger partial charge in [0.2, 0.25) is 0 Å². The molecule has 2 atom stereocenters. The van der Waals surface area contributed by atoms with Crippen LogP contribution in [0.3, 0.4) is 0 Å². The molecule has 0 amide bonds. The molecule has 1 aromatic rings. The molecule has 2 unspecified atom stereocenters. The fraction of sp³-hybridized carbons (Fsp3) is 0.667. The van der Waals surface area contributed by atoms with E-state index in [1.807, 2.05) is 0 Å². The van der Waals surface area contributed by atoms with Crippen LogP contribution in [0.5, 0.6) is 0 Å². The third-order valence-electron chi connectivity index (χ3n) is 4.38. The molecule has 112 valence electrons. The summed E-state index contributed by atoms with van der Waals surface area (Å²) in [5.74, 6) is 0.809. The van der Waals surface area contributed by atoms with Crippen molar-refractivity contribution >= 4 is 0 Å². The summed E-state index contributed by atoms with van der Waals surface area (Å²) < 4.78 is 0. The zero-order chi connectivity index (χ0) is 14.4. The minimum absolute atomic E-state index is 0.595. The van der Waals surface area contributed by atoms with Crippen LogP contribution >= 0.6 is 0 Å². The molecule has 0 aromatic heterocycles. The van der Waals surface area contributed by atoms with E-state index in [9.17, 15) is 0 Å². The minimum atomic E-state index is 0.595. The number of piperidine rings is 1. The molecule has 1 aliphatic rings. The molecule has 0 radical (unpaired) electrons. The average molecular weight is 274 g/mol. The number of likely N-dealkylation sites (tertiary alicyclic amines) is 1. The largest absolute Gasteiger partial charge is 0.314 e. The Morgan fingerprint density at radius 1 is 1.25 bits per heavy atom. The molecule has 0 bridgehead atoms. The summed E-state index contributed by atoms with van der Waals surface area (Å²) in [5, 5.41) is 3.61. The molecule has 2 nitrogen and oxygen atoms in total. The van der Waals surface area contributed by atoms with Crippen LogP contribution < -0.4 is 5.32 Å². The van der Waals surface area contributed by atoms with Crippen molar-refractivity contribution in [2.24, 2.45) is 5.92 Å². The number of hydrogen-bond donors (Lipinski definition) is 1. The van der Waals surface area contributed by atoms with E-state index in [0.29, 0.717) is 12.1 Å². The van der Waals surface area contributed by atoms with Gasteiger partial charge in [-0.3, -0.25) is 4.90 Å². The molecular weight excluding hydrogens is 244 g/mol. The van der Waals surface area contributed by atoms with Gasteiger partial charge >= 0.3 is 0 Å². The van der Waals surface area contributed by atoms with Gasteiger partial charge in [-0.05, 0) is 43.8 Å². The van der Waals surface area contributed by atoms with E-state index in [2.05, 4.69) is 61.3 Å². The monoisotopic (exact) mass is 274 g/mol. The van der Waals surface area contributed by atoms with Gasteiger partial charge in [0.1, 0.15) is 0 Å². The molecule has 2 heteroatoms. The Morgan fingerprint density at radius 3 is 2.65 bits per heavy atom. The first-order chi connectivity index (χ1) is 9.70. The first-order valence-electron chi connectivity index (χ1n) is 8.23. The number of nitrogens with one attached hydrogen (secondary N) is 1. The van der Waals surface area contributed by atoms with Gasteiger partial charge in [-0.25, -0.2) is 0 Å². The van der Waals surface area contributed by atoms with Crippen LogP contribution in [0.4, 0.5) is 0 Å². The molecular formula is C18H30N2. The fourth-order valence-corrected chi connectivity index (χ4v) is 3.33. The molecule has 1 N–H and O–H groups in total. The molecule has 1 saturated heterocycles. The SMILES string of the molecule is CCC(c1ccccc1)N1CCCC(CNC(C)C)C1. The van der Waals surface area contributed by atoms with Gasteiger partial charge in [-0.1, -0.05) is 51.1 Å². The highest BCUT2D eigenvalue weighted by molar-refractivity contribution is 5.19. The second-order valence-corrected chi connectivity index (χ2v) is 6.40. The summed E-state index contributed by atoms with van der Waals surface area (Å²) in [6, 6.07) is 12.2. The molecule has 2 rings (SSSR count). The second-order valence-electron chi connectivity index (χ2n) is 6.40. The molecule has 1 aliphatic heterocycles. The molecule has 0 spiro atoms. The van der Waals surface area contributed by atoms with Crippen molar-refractivity contribution in [3.8, 4) is 0 Å². The summed E-state index contributed by atoms with van der Waals surface area (Å²) in [7, 11) is 0. The maximum absolute atomic E-state index is 3.61. The Morgan fingerprint density at radius 2 is 2.00 bits per heavy atom. The smallest absolute Gasteiger partial charge is 0.0345 e. The first kappa shape index (κ1) is 15.5. The Hall–Kier alpha value is -0.860. The second kappa shape index (κ2) is 7.80. The van der Waals surface area contributed by atoms with Crippen molar-refractivity contribution in [1.29, 1.82) is 0 Å².